The Hall–Kier alpha value is -9.26. The molecule has 0 saturated carbocycles. The van der Waals surface area contributed by atoms with Gasteiger partial charge in [0.25, 0.3) is 0 Å². The number of para-hydroxylation sites is 1. The van der Waals surface area contributed by atoms with Crippen LogP contribution in [0.25, 0.3) is 133 Å². The highest BCUT2D eigenvalue weighted by atomic mass is 15.2. The number of pyridine rings is 1. The van der Waals surface area contributed by atoms with Crippen molar-refractivity contribution >= 4 is 75.9 Å². The zero-order valence-electron chi connectivity index (χ0n) is 39.0. The van der Waals surface area contributed by atoms with Crippen LogP contribution in [0.5, 0.6) is 0 Å². The Balaban J connectivity index is 0.936. The van der Waals surface area contributed by atoms with Gasteiger partial charge in [-0.1, -0.05) is 153 Å². The van der Waals surface area contributed by atoms with Gasteiger partial charge in [0.05, 0.1) is 22.1 Å². The number of rotatable bonds is 5. The molecule has 1 aliphatic rings. The predicted octanol–water partition coefficient (Wildman–Crippen LogP) is 16.2. The minimum atomic E-state index is -0.222. The Bertz CT molecular complexity index is 4470. The molecule has 0 fully saturated rings. The number of fused-ring (bicyclic) bond motifs is 15. The SMILES string of the molecule is CC1(C)c2cc3c4ccccc4c4ccccc4c3cc2-c2cc3c4cc(-c5ccc6c(c5)c5cnccc5n6-c5nc(-c6ccccc6)nc(-c6ccccc6)n5)ccc4n(-c4ccccc4)c3cc21. The van der Waals surface area contributed by atoms with Gasteiger partial charge in [0.1, 0.15) is 0 Å². The first-order valence-corrected chi connectivity index (χ1v) is 24.3. The second-order valence-corrected chi connectivity index (χ2v) is 19.5. The molecule has 0 spiro atoms. The van der Waals surface area contributed by atoms with Gasteiger partial charge in [-0.05, 0) is 132 Å². The average Bonchev–Trinajstić information content (AvgIpc) is 4.02. The summed E-state index contributed by atoms with van der Waals surface area (Å²) < 4.78 is 4.61. The molecule has 0 bridgehead atoms. The average molecular weight is 907 g/mol. The zero-order chi connectivity index (χ0) is 47.0. The minimum absolute atomic E-state index is 0.222. The summed E-state index contributed by atoms with van der Waals surface area (Å²) in [6.45, 7) is 4.81. The van der Waals surface area contributed by atoms with Crippen molar-refractivity contribution in [3.8, 4) is 56.7 Å². The lowest BCUT2D eigenvalue weighted by molar-refractivity contribution is 0.662. The first kappa shape index (κ1) is 39.7. The Kier molecular flexibility index (Phi) is 8.32. The smallest absolute Gasteiger partial charge is 0.238 e. The van der Waals surface area contributed by atoms with Gasteiger partial charge in [0.15, 0.2) is 11.6 Å². The third-order valence-corrected chi connectivity index (χ3v) is 15.2. The van der Waals surface area contributed by atoms with E-state index in [1.807, 2.05) is 73.1 Å². The van der Waals surface area contributed by atoms with E-state index in [2.05, 4.69) is 174 Å². The first-order chi connectivity index (χ1) is 35.0. The van der Waals surface area contributed by atoms with Gasteiger partial charge in [-0.3, -0.25) is 9.55 Å². The maximum Gasteiger partial charge on any atom is 0.238 e. The molecule has 0 radical (unpaired) electrons. The fourth-order valence-electron chi connectivity index (χ4n) is 11.8. The summed E-state index contributed by atoms with van der Waals surface area (Å²) in [7, 11) is 0. The summed E-state index contributed by atoms with van der Waals surface area (Å²) in [6.07, 6.45) is 3.80. The number of benzene rings is 10. The number of hydrogen-bond acceptors (Lipinski definition) is 4. The molecule has 332 valence electrons. The highest BCUT2D eigenvalue weighted by Gasteiger charge is 2.37. The topological polar surface area (TPSA) is 61.4 Å². The molecule has 10 aromatic carbocycles. The summed E-state index contributed by atoms with van der Waals surface area (Å²) in [5.74, 6) is 1.79. The lowest BCUT2D eigenvalue weighted by Crippen LogP contribution is -2.15. The van der Waals surface area contributed by atoms with Gasteiger partial charge in [0.2, 0.25) is 5.95 Å². The predicted molar refractivity (Wildman–Crippen MR) is 293 cm³/mol. The maximum absolute atomic E-state index is 5.15. The lowest BCUT2D eigenvalue weighted by atomic mass is 9.81. The Morgan fingerprint density at radius 3 is 1.41 bits per heavy atom. The van der Waals surface area contributed by atoms with E-state index in [1.54, 1.807) is 0 Å². The van der Waals surface area contributed by atoms with Crippen LogP contribution >= 0.6 is 0 Å². The second kappa shape index (κ2) is 14.9. The van der Waals surface area contributed by atoms with Gasteiger partial charge in [-0.2, -0.15) is 9.97 Å². The molecule has 6 nitrogen and oxygen atoms in total. The fourth-order valence-corrected chi connectivity index (χ4v) is 11.8. The summed E-state index contributed by atoms with van der Waals surface area (Å²) in [4.78, 5) is 19.9. The Labute approximate surface area is 408 Å². The maximum atomic E-state index is 5.15. The fraction of sp³-hybridized carbons (Fsp3) is 0.0462. The van der Waals surface area contributed by atoms with Crippen molar-refractivity contribution in [1.82, 2.24) is 29.1 Å². The van der Waals surface area contributed by atoms with Gasteiger partial charge < -0.3 is 4.57 Å². The van der Waals surface area contributed by atoms with E-state index in [0.29, 0.717) is 17.6 Å². The van der Waals surface area contributed by atoms with Crippen LogP contribution < -0.4 is 0 Å². The highest BCUT2D eigenvalue weighted by Crippen LogP contribution is 2.53. The molecule has 4 aromatic heterocycles. The molecule has 0 atom stereocenters. The standard InChI is InChI=1S/C65H42N6/c1-65(2)56-36-49-47-25-15-13-23-45(47)44-22-12-14-24-46(44)48(49)34-50(56)51-35-54-52-32-41(26-28-58(52)70(61(54)37-57(51)65)43-20-10-5-11-21-43)42-27-29-59-53(33-42)55-38-66-31-30-60(55)71(59)64-68-62(39-16-6-3-7-17-39)67-63(69-64)40-18-8-4-9-19-40/h3-38H,1-2H3. The van der Waals surface area contributed by atoms with E-state index in [1.165, 1.54) is 76.4 Å². The molecule has 15 rings (SSSR count). The van der Waals surface area contributed by atoms with Crippen LogP contribution in [0.1, 0.15) is 25.0 Å². The van der Waals surface area contributed by atoms with E-state index < -0.39 is 0 Å². The van der Waals surface area contributed by atoms with E-state index in [9.17, 15) is 0 Å². The van der Waals surface area contributed by atoms with Crippen LogP contribution in [0, 0.1) is 0 Å². The largest absolute Gasteiger partial charge is 0.309 e. The summed E-state index contributed by atoms with van der Waals surface area (Å²) in [6, 6.07) is 74.6. The molecule has 0 amide bonds. The van der Waals surface area contributed by atoms with E-state index in [0.717, 1.165) is 49.7 Å². The van der Waals surface area contributed by atoms with Crippen LogP contribution in [0.3, 0.4) is 0 Å². The molecular formula is C65H42N6. The van der Waals surface area contributed by atoms with E-state index in [-0.39, 0.29) is 5.41 Å². The molecule has 4 heterocycles. The summed E-state index contributed by atoms with van der Waals surface area (Å²) >= 11 is 0. The van der Waals surface area contributed by atoms with Crippen LogP contribution in [0.2, 0.25) is 0 Å². The molecule has 0 N–H and O–H groups in total. The Morgan fingerprint density at radius 1 is 0.338 bits per heavy atom. The Morgan fingerprint density at radius 2 is 0.803 bits per heavy atom. The second-order valence-electron chi connectivity index (χ2n) is 19.5. The van der Waals surface area contributed by atoms with Crippen molar-refractivity contribution in [3.63, 3.8) is 0 Å². The van der Waals surface area contributed by atoms with Crippen molar-refractivity contribution in [2.24, 2.45) is 0 Å². The van der Waals surface area contributed by atoms with Crippen LogP contribution in [-0.2, 0) is 5.41 Å². The molecule has 1 aliphatic carbocycles. The van der Waals surface area contributed by atoms with Gasteiger partial charge in [-0.25, -0.2) is 4.98 Å². The zero-order valence-corrected chi connectivity index (χ0v) is 39.0. The van der Waals surface area contributed by atoms with E-state index >= 15 is 0 Å². The third kappa shape index (κ3) is 5.82. The third-order valence-electron chi connectivity index (χ3n) is 15.2. The molecule has 71 heavy (non-hydrogen) atoms. The van der Waals surface area contributed by atoms with Crippen molar-refractivity contribution in [1.29, 1.82) is 0 Å². The van der Waals surface area contributed by atoms with Crippen molar-refractivity contribution in [2.45, 2.75) is 19.3 Å². The monoisotopic (exact) mass is 906 g/mol. The van der Waals surface area contributed by atoms with Gasteiger partial charge >= 0.3 is 0 Å². The highest BCUT2D eigenvalue weighted by molar-refractivity contribution is 6.26. The van der Waals surface area contributed by atoms with Gasteiger partial charge in [0, 0.05) is 56.2 Å². The summed E-state index contributed by atoms with van der Waals surface area (Å²) in [5, 5.41) is 12.3. The number of nitrogens with zero attached hydrogens (tertiary/aromatic N) is 6. The molecule has 0 aliphatic heterocycles. The molecule has 6 heteroatoms. The molecule has 0 unspecified atom stereocenters. The van der Waals surface area contributed by atoms with Crippen molar-refractivity contribution in [2.75, 3.05) is 0 Å². The quantitative estimate of drug-likeness (QED) is 0.161. The lowest BCUT2D eigenvalue weighted by Gasteiger charge is -2.22. The number of aromatic nitrogens is 6. The molecular weight excluding hydrogens is 865 g/mol. The van der Waals surface area contributed by atoms with Crippen molar-refractivity contribution in [3.05, 3.63) is 230 Å². The van der Waals surface area contributed by atoms with E-state index in [4.69, 9.17) is 15.0 Å². The first-order valence-electron chi connectivity index (χ1n) is 24.3. The van der Waals surface area contributed by atoms with Crippen molar-refractivity contribution < 1.29 is 0 Å². The van der Waals surface area contributed by atoms with Crippen LogP contribution in [0.4, 0.5) is 0 Å². The van der Waals surface area contributed by atoms with Crippen LogP contribution in [0.15, 0.2) is 219 Å². The molecule has 14 aromatic rings. The normalized spacial score (nSPS) is 13.0. The molecule has 0 saturated heterocycles. The van der Waals surface area contributed by atoms with Crippen LogP contribution in [-0.4, -0.2) is 29.1 Å². The van der Waals surface area contributed by atoms with Gasteiger partial charge in [-0.15, -0.1) is 0 Å². The number of hydrogen-bond donors (Lipinski definition) is 0. The minimum Gasteiger partial charge on any atom is -0.309 e. The summed E-state index contributed by atoms with van der Waals surface area (Å²) in [5.41, 5.74) is 14.7.